The Bertz CT molecular complexity index is 600. The first-order valence-corrected chi connectivity index (χ1v) is 8.59. The van der Waals surface area contributed by atoms with E-state index in [0.717, 1.165) is 24.5 Å². The van der Waals surface area contributed by atoms with Gasteiger partial charge in [-0.1, -0.05) is 18.6 Å². The summed E-state index contributed by atoms with van der Waals surface area (Å²) in [6, 6.07) is 8.43. The molecule has 5 heteroatoms. The molecule has 1 amide bonds. The van der Waals surface area contributed by atoms with Crippen molar-refractivity contribution in [3.05, 3.63) is 24.3 Å². The van der Waals surface area contributed by atoms with Gasteiger partial charge in [0.15, 0.2) is 0 Å². The van der Waals surface area contributed by atoms with Gasteiger partial charge in [-0.05, 0) is 31.4 Å². The van der Waals surface area contributed by atoms with Gasteiger partial charge in [0.1, 0.15) is 5.75 Å². The Morgan fingerprint density at radius 3 is 2.96 bits per heavy atom. The van der Waals surface area contributed by atoms with Crippen molar-refractivity contribution in [1.29, 1.82) is 0 Å². The van der Waals surface area contributed by atoms with Gasteiger partial charge < -0.3 is 20.5 Å². The van der Waals surface area contributed by atoms with Crippen molar-refractivity contribution in [3.8, 4) is 5.75 Å². The third-order valence-corrected chi connectivity index (χ3v) is 5.84. The molecule has 4 rings (SSSR count). The molecule has 1 spiro atoms. The second-order valence-electron chi connectivity index (χ2n) is 7.01. The summed E-state index contributed by atoms with van der Waals surface area (Å²) in [5.41, 5.74) is 6.52. The van der Waals surface area contributed by atoms with Gasteiger partial charge in [0.25, 0.3) is 0 Å². The SMILES string of the molecule is NC(=O)CCOc1ccccc1N[C@@H]1[C@@H]2CCO[C@@H]2C12CCC2. The van der Waals surface area contributed by atoms with Crippen LogP contribution in [0.15, 0.2) is 24.3 Å². The number of carbonyl (C=O) groups is 1. The Morgan fingerprint density at radius 2 is 2.22 bits per heavy atom. The van der Waals surface area contributed by atoms with Crippen LogP contribution < -0.4 is 15.8 Å². The Labute approximate surface area is 136 Å². The van der Waals surface area contributed by atoms with E-state index in [1.165, 1.54) is 19.3 Å². The lowest BCUT2D eigenvalue weighted by Crippen LogP contribution is -2.68. The molecule has 1 heterocycles. The van der Waals surface area contributed by atoms with E-state index in [4.69, 9.17) is 15.2 Å². The fourth-order valence-corrected chi connectivity index (χ4v) is 4.60. The number of anilines is 1. The third kappa shape index (κ3) is 2.38. The first kappa shape index (κ1) is 14.8. The molecule has 23 heavy (non-hydrogen) atoms. The van der Waals surface area contributed by atoms with Crippen molar-refractivity contribution in [2.24, 2.45) is 17.1 Å². The second kappa shape index (κ2) is 5.71. The van der Waals surface area contributed by atoms with Crippen LogP contribution in [0.3, 0.4) is 0 Å². The second-order valence-corrected chi connectivity index (χ2v) is 7.01. The van der Waals surface area contributed by atoms with Gasteiger partial charge in [-0.25, -0.2) is 0 Å². The lowest BCUT2D eigenvalue weighted by molar-refractivity contribution is -0.158. The maximum Gasteiger partial charge on any atom is 0.220 e. The van der Waals surface area contributed by atoms with Crippen LogP contribution in [0.2, 0.25) is 0 Å². The summed E-state index contributed by atoms with van der Waals surface area (Å²) in [7, 11) is 0. The number of fused-ring (bicyclic) bond motifs is 2. The van der Waals surface area contributed by atoms with Crippen LogP contribution in [0, 0.1) is 11.3 Å². The summed E-state index contributed by atoms with van der Waals surface area (Å²) in [6.07, 6.45) is 5.67. The number of hydrogen-bond donors (Lipinski definition) is 2. The highest BCUT2D eigenvalue weighted by Gasteiger charge is 2.66. The van der Waals surface area contributed by atoms with Crippen molar-refractivity contribution in [3.63, 3.8) is 0 Å². The lowest BCUT2D eigenvalue weighted by atomic mass is 9.46. The molecule has 2 aliphatic carbocycles. The van der Waals surface area contributed by atoms with Crippen LogP contribution in [0.1, 0.15) is 32.1 Å². The van der Waals surface area contributed by atoms with Crippen molar-refractivity contribution in [1.82, 2.24) is 0 Å². The quantitative estimate of drug-likeness (QED) is 0.844. The molecule has 0 radical (unpaired) electrons. The minimum atomic E-state index is -0.339. The average molecular weight is 316 g/mol. The van der Waals surface area contributed by atoms with Crippen molar-refractivity contribution in [2.45, 2.75) is 44.2 Å². The van der Waals surface area contributed by atoms with Gasteiger partial charge in [-0.3, -0.25) is 4.79 Å². The third-order valence-electron chi connectivity index (χ3n) is 5.84. The fraction of sp³-hybridized carbons (Fsp3) is 0.611. The van der Waals surface area contributed by atoms with Gasteiger partial charge in [0.2, 0.25) is 5.91 Å². The number of benzene rings is 1. The zero-order valence-electron chi connectivity index (χ0n) is 13.3. The van der Waals surface area contributed by atoms with Crippen LogP contribution in [-0.4, -0.2) is 31.3 Å². The monoisotopic (exact) mass is 316 g/mol. The van der Waals surface area contributed by atoms with Gasteiger partial charge in [0, 0.05) is 24.0 Å². The van der Waals surface area contributed by atoms with E-state index in [1.807, 2.05) is 18.2 Å². The maximum absolute atomic E-state index is 10.9. The summed E-state index contributed by atoms with van der Waals surface area (Å²) >= 11 is 0. The van der Waals surface area contributed by atoms with Crippen LogP contribution in [0.25, 0.3) is 0 Å². The van der Waals surface area contributed by atoms with Crippen LogP contribution in [0.4, 0.5) is 5.69 Å². The first-order chi connectivity index (χ1) is 11.2. The highest BCUT2D eigenvalue weighted by Crippen LogP contribution is 2.63. The van der Waals surface area contributed by atoms with E-state index >= 15 is 0 Å². The molecule has 5 nitrogen and oxygen atoms in total. The van der Waals surface area contributed by atoms with Crippen molar-refractivity contribution in [2.75, 3.05) is 18.5 Å². The molecule has 2 saturated carbocycles. The van der Waals surface area contributed by atoms with Gasteiger partial charge in [0.05, 0.1) is 24.8 Å². The van der Waals surface area contributed by atoms with E-state index in [-0.39, 0.29) is 12.3 Å². The zero-order valence-corrected chi connectivity index (χ0v) is 13.3. The number of carbonyl (C=O) groups excluding carboxylic acids is 1. The molecule has 124 valence electrons. The molecule has 0 bridgehead atoms. The molecule has 3 atom stereocenters. The Balaban J connectivity index is 1.47. The molecule has 0 unspecified atom stereocenters. The molecular weight excluding hydrogens is 292 g/mol. The topological polar surface area (TPSA) is 73.6 Å². The van der Waals surface area contributed by atoms with Gasteiger partial charge >= 0.3 is 0 Å². The minimum absolute atomic E-state index is 0.236. The van der Waals surface area contributed by atoms with E-state index < -0.39 is 0 Å². The minimum Gasteiger partial charge on any atom is -0.491 e. The van der Waals surface area contributed by atoms with Crippen LogP contribution in [-0.2, 0) is 9.53 Å². The van der Waals surface area contributed by atoms with Crippen molar-refractivity contribution >= 4 is 11.6 Å². The number of amides is 1. The van der Waals surface area contributed by atoms with E-state index in [2.05, 4.69) is 11.4 Å². The van der Waals surface area contributed by atoms with E-state index in [0.29, 0.717) is 30.1 Å². The van der Waals surface area contributed by atoms with Crippen molar-refractivity contribution < 1.29 is 14.3 Å². The normalized spacial score (nSPS) is 30.2. The number of nitrogens with one attached hydrogen (secondary N) is 1. The van der Waals surface area contributed by atoms with E-state index in [9.17, 15) is 4.79 Å². The van der Waals surface area contributed by atoms with E-state index in [1.54, 1.807) is 0 Å². The number of para-hydroxylation sites is 2. The Kier molecular flexibility index (Phi) is 3.68. The summed E-state index contributed by atoms with van der Waals surface area (Å²) < 4.78 is 11.7. The van der Waals surface area contributed by atoms with Gasteiger partial charge in [-0.2, -0.15) is 0 Å². The summed E-state index contributed by atoms with van der Waals surface area (Å²) in [5, 5.41) is 3.73. The Morgan fingerprint density at radius 1 is 1.39 bits per heavy atom. The predicted octanol–water partition coefficient (Wildman–Crippen LogP) is 2.31. The lowest BCUT2D eigenvalue weighted by Gasteiger charge is -2.63. The van der Waals surface area contributed by atoms with Gasteiger partial charge in [-0.15, -0.1) is 0 Å². The summed E-state index contributed by atoms with van der Waals surface area (Å²) in [4.78, 5) is 10.9. The Hall–Kier alpha value is -1.75. The van der Waals surface area contributed by atoms with Crippen LogP contribution in [0.5, 0.6) is 5.75 Å². The summed E-state index contributed by atoms with van der Waals surface area (Å²) in [5.74, 6) is 1.08. The first-order valence-electron chi connectivity index (χ1n) is 8.59. The molecule has 3 fully saturated rings. The fourth-order valence-electron chi connectivity index (χ4n) is 4.60. The molecule has 1 aromatic carbocycles. The largest absolute Gasteiger partial charge is 0.491 e. The number of primary amides is 1. The highest BCUT2D eigenvalue weighted by atomic mass is 16.5. The molecule has 1 saturated heterocycles. The number of nitrogens with two attached hydrogens (primary N) is 1. The molecule has 3 aliphatic rings. The predicted molar refractivity (Wildman–Crippen MR) is 87.3 cm³/mol. The van der Waals surface area contributed by atoms with Crippen LogP contribution >= 0.6 is 0 Å². The number of ether oxygens (including phenoxy) is 2. The average Bonchev–Trinajstić information content (AvgIpc) is 2.89. The molecule has 1 aromatic rings. The zero-order chi connectivity index (χ0) is 15.9. The molecule has 1 aliphatic heterocycles. The highest BCUT2D eigenvalue weighted by molar-refractivity contribution is 5.73. The summed E-state index contributed by atoms with van der Waals surface area (Å²) in [6.45, 7) is 1.21. The maximum atomic E-state index is 10.9. The molecular formula is C18H24N2O3. The standard InChI is InChI=1S/C18H24N2O3/c19-15(21)7-11-22-14-5-2-1-4-13(14)20-16-12-6-10-23-17(12)18(16)8-3-9-18/h1-2,4-5,12,16-17,20H,3,6-11H2,(H2,19,21)/t12-,16+,17-/m0/s1. The number of hydrogen-bond acceptors (Lipinski definition) is 4. The number of rotatable bonds is 6. The molecule has 0 aromatic heterocycles. The smallest absolute Gasteiger partial charge is 0.220 e. The molecule has 3 N–H and O–H groups in total.